The molecule has 1 saturated carbocycles. The fraction of sp³-hybridized carbons (Fsp3) is 0.440. The Hall–Kier alpha value is -2.69. The van der Waals surface area contributed by atoms with E-state index in [9.17, 15) is 14.0 Å². The molecule has 2 aromatic carbocycles. The van der Waals surface area contributed by atoms with Crippen molar-refractivity contribution in [3.05, 3.63) is 59.9 Å². The first-order chi connectivity index (χ1) is 14.4. The van der Waals surface area contributed by atoms with E-state index in [1.807, 2.05) is 35.2 Å². The molecule has 158 valence electrons. The number of rotatable bonds is 5. The number of likely N-dealkylation sites (tertiary alicyclic amines) is 1. The predicted molar refractivity (Wildman–Crippen MR) is 115 cm³/mol. The van der Waals surface area contributed by atoms with E-state index in [0.29, 0.717) is 38.3 Å². The topological polar surface area (TPSA) is 49.4 Å². The molecule has 2 aromatic rings. The molecule has 0 unspecified atom stereocenters. The molecule has 30 heavy (non-hydrogen) atoms. The average Bonchev–Trinajstić information content (AvgIpc) is 3.50. The highest BCUT2D eigenvalue weighted by molar-refractivity contribution is 5.85. The maximum atomic E-state index is 13.8. The number of amides is 2. The van der Waals surface area contributed by atoms with Crippen LogP contribution in [0.4, 0.5) is 4.39 Å². The zero-order valence-electron chi connectivity index (χ0n) is 17.7. The monoisotopic (exact) mass is 408 g/mol. The first-order valence-electron chi connectivity index (χ1n) is 10.8. The minimum absolute atomic E-state index is 0.0171. The number of piperidine rings is 1. The Kier molecular flexibility index (Phi) is 5.63. The van der Waals surface area contributed by atoms with Crippen molar-refractivity contribution in [1.29, 1.82) is 0 Å². The lowest BCUT2D eigenvalue weighted by Gasteiger charge is -2.41. The Bertz CT molecular complexity index is 950. The Morgan fingerprint density at radius 1 is 1.13 bits per heavy atom. The van der Waals surface area contributed by atoms with Gasteiger partial charge in [0.05, 0.1) is 5.41 Å². The average molecular weight is 409 g/mol. The number of carbonyl (C=O) groups excluding carboxylic acids is 2. The maximum absolute atomic E-state index is 13.8. The predicted octanol–water partition coefficient (Wildman–Crippen LogP) is 4.05. The molecule has 2 atom stereocenters. The second-order valence-electron chi connectivity index (χ2n) is 8.85. The van der Waals surface area contributed by atoms with Crippen LogP contribution in [0.3, 0.4) is 0 Å². The number of nitrogens with one attached hydrogen (secondary N) is 1. The van der Waals surface area contributed by atoms with Gasteiger partial charge in [-0.25, -0.2) is 4.39 Å². The van der Waals surface area contributed by atoms with Gasteiger partial charge in [-0.2, -0.15) is 0 Å². The largest absolute Gasteiger partial charge is 0.359 e. The zero-order chi connectivity index (χ0) is 21.3. The molecule has 1 aliphatic heterocycles. The molecule has 0 aromatic heterocycles. The number of hydrogen-bond acceptors (Lipinski definition) is 2. The summed E-state index contributed by atoms with van der Waals surface area (Å²) in [6, 6.07) is 14.5. The number of halogens is 1. The minimum atomic E-state index is -0.565. The number of benzene rings is 2. The summed E-state index contributed by atoms with van der Waals surface area (Å²) in [6.45, 7) is 3.33. The standard InChI is InChI=1S/C25H29FN2O2/c1-17-14-22(17)23(29)28-12-10-25(11-13-28,24(30)27-2)16-19-6-3-4-9-21(19)18-7-5-8-20(26)15-18/h3-9,15,17,22H,10-14,16H2,1-2H3,(H,27,30)/t17-,22+/m0/s1. The first-order valence-corrected chi connectivity index (χ1v) is 10.8. The van der Waals surface area contributed by atoms with Crippen LogP contribution in [0.1, 0.15) is 31.7 Å². The molecule has 0 spiro atoms. The smallest absolute Gasteiger partial charge is 0.226 e. The molecule has 4 nitrogen and oxygen atoms in total. The van der Waals surface area contributed by atoms with Gasteiger partial charge in [-0.15, -0.1) is 0 Å². The van der Waals surface area contributed by atoms with Gasteiger partial charge < -0.3 is 10.2 Å². The molecule has 1 aliphatic carbocycles. The summed E-state index contributed by atoms with van der Waals surface area (Å²) in [5.41, 5.74) is 2.23. The Morgan fingerprint density at radius 2 is 1.83 bits per heavy atom. The molecule has 2 amide bonds. The van der Waals surface area contributed by atoms with E-state index in [1.54, 1.807) is 13.1 Å². The van der Waals surface area contributed by atoms with Gasteiger partial charge in [-0.05, 0) is 60.4 Å². The summed E-state index contributed by atoms with van der Waals surface area (Å²) in [7, 11) is 1.67. The van der Waals surface area contributed by atoms with E-state index >= 15 is 0 Å². The van der Waals surface area contributed by atoms with Crippen LogP contribution >= 0.6 is 0 Å². The summed E-state index contributed by atoms with van der Waals surface area (Å²) in [4.78, 5) is 27.6. The summed E-state index contributed by atoms with van der Waals surface area (Å²) >= 11 is 0. The fourth-order valence-corrected chi connectivity index (χ4v) is 4.78. The van der Waals surface area contributed by atoms with Crippen LogP contribution in [0.5, 0.6) is 0 Å². The van der Waals surface area contributed by atoms with Crippen molar-refractivity contribution in [1.82, 2.24) is 10.2 Å². The molecule has 1 saturated heterocycles. The first kappa shape index (κ1) is 20.6. The van der Waals surface area contributed by atoms with Crippen LogP contribution in [0.15, 0.2) is 48.5 Å². The SMILES string of the molecule is CNC(=O)C1(Cc2ccccc2-c2cccc(F)c2)CCN(C(=O)[C@@H]2C[C@@H]2C)CC1. The van der Waals surface area contributed by atoms with Gasteiger partial charge in [-0.3, -0.25) is 9.59 Å². The van der Waals surface area contributed by atoms with Crippen molar-refractivity contribution in [2.75, 3.05) is 20.1 Å². The Balaban J connectivity index is 1.58. The van der Waals surface area contributed by atoms with E-state index in [-0.39, 0.29) is 23.5 Å². The van der Waals surface area contributed by atoms with Crippen molar-refractivity contribution in [3.8, 4) is 11.1 Å². The fourth-order valence-electron chi connectivity index (χ4n) is 4.78. The van der Waals surface area contributed by atoms with Crippen LogP contribution in [-0.4, -0.2) is 36.9 Å². The molecule has 0 bridgehead atoms. The van der Waals surface area contributed by atoms with Crippen molar-refractivity contribution < 1.29 is 14.0 Å². The normalized spacial score (nSPS) is 22.4. The molecule has 2 aliphatic rings. The summed E-state index contributed by atoms with van der Waals surface area (Å²) < 4.78 is 13.8. The van der Waals surface area contributed by atoms with Gasteiger partial charge in [0, 0.05) is 26.1 Å². The number of nitrogens with zero attached hydrogens (tertiary/aromatic N) is 1. The van der Waals surface area contributed by atoms with Crippen molar-refractivity contribution in [2.45, 2.75) is 32.6 Å². The summed E-state index contributed by atoms with van der Waals surface area (Å²) in [5, 5.41) is 2.85. The third kappa shape index (κ3) is 3.98. The van der Waals surface area contributed by atoms with Crippen LogP contribution in [0, 0.1) is 23.1 Å². The molecule has 1 heterocycles. The van der Waals surface area contributed by atoms with Gasteiger partial charge in [-0.1, -0.05) is 43.3 Å². The second-order valence-corrected chi connectivity index (χ2v) is 8.85. The molecule has 4 rings (SSSR count). The highest BCUT2D eigenvalue weighted by Crippen LogP contribution is 2.42. The molecule has 0 radical (unpaired) electrons. The number of hydrogen-bond donors (Lipinski definition) is 1. The molecular weight excluding hydrogens is 379 g/mol. The van der Waals surface area contributed by atoms with E-state index in [4.69, 9.17) is 0 Å². The number of carbonyl (C=O) groups is 2. The lowest BCUT2D eigenvalue weighted by molar-refractivity contribution is -0.141. The van der Waals surface area contributed by atoms with E-state index < -0.39 is 5.41 Å². The van der Waals surface area contributed by atoms with Gasteiger partial charge in [0.1, 0.15) is 5.82 Å². The Morgan fingerprint density at radius 3 is 2.47 bits per heavy atom. The van der Waals surface area contributed by atoms with Crippen LogP contribution in [0.2, 0.25) is 0 Å². The van der Waals surface area contributed by atoms with Crippen molar-refractivity contribution >= 4 is 11.8 Å². The van der Waals surface area contributed by atoms with E-state index in [2.05, 4.69) is 12.2 Å². The van der Waals surface area contributed by atoms with Crippen LogP contribution < -0.4 is 5.32 Å². The highest BCUT2D eigenvalue weighted by Gasteiger charge is 2.46. The minimum Gasteiger partial charge on any atom is -0.359 e. The summed E-state index contributed by atoms with van der Waals surface area (Å²) in [6.07, 6.45) is 2.83. The van der Waals surface area contributed by atoms with Gasteiger partial charge in [0.15, 0.2) is 0 Å². The molecule has 1 N–H and O–H groups in total. The maximum Gasteiger partial charge on any atom is 0.226 e. The lowest BCUT2D eigenvalue weighted by atomic mass is 9.72. The zero-order valence-corrected chi connectivity index (χ0v) is 17.7. The summed E-state index contributed by atoms with van der Waals surface area (Å²) in [5.74, 6) is 0.647. The highest BCUT2D eigenvalue weighted by atomic mass is 19.1. The third-order valence-electron chi connectivity index (χ3n) is 6.85. The second kappa shape index (κ2) is 8.21. The third-order valence-corrected chi connectivity index (χ3v) is 6.85. The molecular formula is C25H29FN2O2. The molecule has 2 fully saturated rings. The van der Waals surface area contributed by atoms with Crippen molar-refractivity contribution in [2.24, 2.45) is 17.3 Å². The van der Waals surface area contributed by atoms with Crippen LogP contribution in [-0.2, 0) is 16.0 Å². The van der Waals surface area contributed by atoms with E-state index in [0.717, 1.165) is 23.1 Å². The Labute approximate surface area is 177 Å². The van der Waals surface area contributed by atoms with Crippen LogP contribution in [0.25, 0.3) is 11.1 Å². The quantitative estimate of drug-likeness (QED) is 0.812. The van der Waals surface area contributed by atoms with Gasteiger partial charge in [0.2, 0.25) is 11.8 Å². The van der Waals surface area contributed by atoms with Gasteiger partial charge in [0.25, 0.3) is 0 Å². The van der Waals surface area contributed by atoms with Gasteiger partial charge >= 0.3 is 0 Å². The van der Waals surface area contributed by atoms with E-state index in [1.165, 1.54) is 12.1 Å². The molecule has 5 heteroatoms. The lowest BCUT2D eigenvalue weighted by Crippen LogP contribution is -2.51. The van der Waals surface area contributed by atoms with Crippen molar-refractivity contribution in [3.63, 3.8) is 0 Å².